The molecule has 4 aliphatic rings. The van der Waals surface area contributed by atoms with Gasteiger partial charge in [-0.2, -0.15) is 0 Å². The first-order valence-electron chi connectivity index (χ1n) is 13.5. The van der Waals surface area contributed by atoms with Crippen LogP contribution in [0.3, 0.4) is 0 Å². The first-order valence-corrected chi connectivity index (χ1v) is 13.5. The van der Waals surface area contributed by atoms with Crippen LogP contribution in [-0.2, 0) is 0 Å². The smallest absolute Gasteiger partial charge is 0.0654 e. The molecule has 0 radical (unpaired) electrons. The minimum absolute atomic E-state index is 0.430. The van der Waals surface area contributed by atoms with Crippen LogP contribution in [0.4, 0.5) is 0 Å². The third kappa shape index (κ3) is 4.18. The van der Waals surface area contributed by atoms with Gasteiger partial charge >= 0.3 is 0 Å². The van der Waals surface area contributed by atoms with Crippen molar-refractivity contribution in [1.29, 1.82) is 0 Å². The summed E-state index contributed by atoms with van der Waals surface area (Å²) in [6.45, 7) is 15.6. The standard InChI is InChI=1S/C29H50O2/c1-7-14-26(3,30)15-12-20(2)23-10-11-24-22-9-8-21-19-27(4,31)17-18-28(21,5)25(22)13-16-29(23,24)6/h7,20-25,30-31H,1,8-19H2,2-6H3/t20-,21+,22?,23-,24+,25+,26?,27+,28+,29-/m1/s1. The molecule has 4 aliphatic carbocycles. The number of fused-ring (bicyclic) bond motifs is 5. The van der Waals surface area contributed by atoms with Crippen molar-refractivity contribution < 1.29 is 10.2 Å². The molecule has 2 nitrogen and oxygen atoms in total. The quantitative estimate of drug-likeness (QED) is 0.440. The summed E-state index contributed by atoms with van der Waals surface area (Å²) in [4.78, 5) is 0. The van der Waals surface area contributed by atoms with E-state index < -0.39 is 11.2 Å². The van der Waals surface area contributed by atoms with Crippen LogP contribution in [-0.4, -0.2) is 21.4 Å². The minimum Gasteiger partial charge on any atom is -0.390 e. The molecule has 10 atom stereocenters. The third-order valence-corrected chi connectivity index (χ3v) is 11.4. The zero-order valence-corrected chi connectivity index (χ0v) is 21.1. The lowest BCUT2D eigenvalue weighted by molar-refractivity contribution is -0.148. The Morgan fingerprint density at radius 3 is 2.42 bits per heavy atom. The lowest BCUT2D eigenvalue weighted by Crippen LogP contribution is -2.55. The fourth-order valence-corrected chi connectivity index (χ4v) is 9.56. The van der Waals surface area contributed by atoms with E-state index in [2.05, 4.69) is 34.3 Å². The van der Waals surface area contributed by atoms with E-state index in [1.165, 1.54) is 44.9 Å². The van der Waals surface area contributed by atoms with Crippen LogP contribution in [0.1, 0.15) is 112 Å². The summed E-state index contributed by atoms with van der Waals surface area (Å²) >= 11 is 0. The van der Waals surface area contributed by atoms with Crippen LogP contribution in [0.25, 0.3) is 0 Å². The van der Waals surface area contributed by atoms with Crippen LogP contribution in [0.15, 0.2) is 12.7 Å². The summed E-state index contributed by atoms with van der Waals surface area (Å²) in [5.41, 5.74) is -0.0730. The lowest BCUT2D eigenvalue weighted by Gasteiger charge is -2.62. The highest BCUT2D eigenvalue weighted by Gasteiger charge is 2.61. The molecule has 4 saturated carbocycles. The van der Waals surface area contributed by atoms with Crippen molar-refractivity contribution in [2.45, 2.75) is 123 Å². The summed E-state index contributed by atoms with van der Waals surface area (Å²) < 4.78 is 0. The summed E-state index contributed by atoms with van der Waals surface area (Å²) in [7, 11) is 0. The molecule has 2 heteroatoms. The zero-order valence-electron chi connectivity index (χ0n) is 21.1. The van der Waals surface area contributed by atoms with Gasteiger partial charge in [0.25, 0.3) is 0 Å². The first kappa shape index (κ1) is 23.8. The van der Waals surface area contributed by atoms with Gasteiger partial charge in [-0.25, -0.2) is 0 Å². The normalized spacial score (nSPS) is 50.0. The highest BCUT2D eigenvalue weighted by Crippen LogP contribution is 2.68. The van der Waals surface area contributed by atoms with Gasteiger partial charge in [0.15, 0.2) is 0 Å². The molecule has 0 amide bonds. The SMILES string of the molecule is C=CCC(C)(O)CC[C@@H](C)[C@H]1CC[C@H]2C3CC[C@H]4C[C@@](C)(O)CC[C@]4(C)[C@H]3CC[C@]12C. The van der Waals surface area contributed by atoms with Crippen LogP contribution >= 0.6 is 0 Å². The maximum absolute atomic E-state index is 10.7. The largest absolute Gasteiger partial charge is 0.390 e. The molecular weight excluding hydrogens is 380 g/mol. The molecule has 178 valence electrons. The molecule has 2 N–H and O–H groups in total. The van der Waals surface area contributed by atoms with Crippen molar-refractivity contribution in [3.05, 3.63) is 12.7 Å². The van der Waals surface area contributed by atoms with Crippen molar-refractivity contribution >= 4 is 0 Å². The molecule has 31 heavy (non-hydrogen) atoms. The zero-order chi connectivity index (χ0) is 22.7. The molecule has 2 unspecified atom stereocenters. The molecule has 0 bridgehead atoms. The predicted octanol–water partition coefficient (Wildman–Crippen LogP) is 7.14. The minimum atomic E-state index is -0.595. The van der Waals surface area contributed by atoms with Crippen molar-refractivity contribution in [2.24, 2.45) is 46.3 Å². The molecule has 0 aliphatic heterocycles. The summed E-state index contributed by atoms with van der Waals surface area (Å²) in [5, 5.41) is 21.4. The second kappa shape index (κ2) is 8.15. The Morgan fingerprint density at radius 2 is 1.71 bits per heavy atom. The summed E-state index contributed by atoms with van der Waals surface area (Å²) in [6.07, 6.45) is 16.2. The lowest BCUT2D eigenvalue weighted by atomic mass is 9.43. The second-order valence-electron chi connectivity index (χ2n) is 13.6. The highest BCUT2D eigenvalue weighted by molar-refractivity contribution is 5.10. The molecule has 4 rings (SSSR count). The van der Waals surface area contributed by atoms with E-state index in [0.29, 0.717) is 23.2 Å². The van der Waals surface area contributed by atoms with Gasteiger partial charge in [-0.1, -0.05) is 26.8 Å². The Bertz CT molecular complexity index is 666. The van der Waals surface area contributed by atoms with E-state index in [-0.39, 0.29) is 0 Å². The maximum atomic E-state index is 10.7. The van der Waals surface area contributed by atoms with Crippen molar-refractivity contribution in [1.82, 2.24) is 0 Å². The molecule has 0 aromatic carbocycles. The van der Waals surface area contributed by atoms with Gasteiger partial charge in [-0.15, -0.1) is 6.58 Å². The van der Waals surface area contributed by atoms with E-state index in [4.69, 9.17) is 0 Å². The fraction of sp³-hybridized carbons (Fsp3) is 0.931. The van der Waals surface area contributed by atoms with E-state index >= 15 is 0 Å². The first-order chi connectivity index (χ1) is 14.4. The van der Waals surface area contributed by atoms with Crippen LogP contribution < -0.4 is 0 Å². The highest BCUT2D eigenvalue weighted by atomic mass is 16.3. The van der Waals surface area contributed by atoms with Crippen LogP contribution in [0.5, 0.6) is 0 Å². The van der Waals surface area contributed by atoms with Gasteiger partial charge < -0.3 is 10.2 Å². The molecular formula is C29H50O2. The van der Waals surface area contributed by atoms with Crippen molar-refractivity contribution in [2.75, 3.05) is 0 Å². The topological polar surface area (TPSA) is 40.5 Å². The van der Waals surface area contributed by atoms with Crippen molar-refractivity contribution in [3.63, 3.8) is 0 Å². The van der Waals surface area contributed by atoms with Gasteiger partial charge in [0, 0.05) is 0 Å². The number of rotatable bonds is 6. The molecule has 0 heterocycles. The monoisotopic (exact) mass is 430 g/mol. The second-order valence-corrected chi connectivity index (χ2v) is 13.6. The van der Waals surface area contributed by atoms with Gasteiger partial charge in [0.2, 0.25) is 0 Å². The summed E-state index contributed by atoms with van der Waals surface area (Å²) in [6, 6.07) is 0. The Labute approximate surface area is 192 Å². The average molecular weight is 431 g/mol. The Balaban J connectivity index is 1.46. The molecule has 0 aromatic rings. The van der Waals surface area contributed by atoms with Gasteiger partial charge in [-0.05, 0) is 137 Å². The maximum Gasteiger partial charge on any atom is 0.0654 e. The third-order valence-electron chi connectivity index (χ3n) is 11.4. The van der Waals surface area contributed by atoms with Gasteiger partial charge in [0.1, 0.15) is 0 Å². The van der Waals surface area contributed by atoms with E-state index in [1.54, 1.807) is 0 Å². The predicted molar refractivity (Wildman–Crippen MR) is 130 cm³/mol. The summed E-state index contributed by atoms with van der Waals surface area (Å²) in [5.74, 6) is 4.92. The van der Waals surface area contributed by atoms with E-state index in [1.807, 2.05) is 13.0 Å². The Morgan fingerprint density at radius 1 is 1.00 bits per heavy atom. The van der Waals surface area contributed by atoms with Crippen LogP contribution in [0, 0.1) is 46.3 Å². The van der Waals surface area contributed by atoms with E-state index in [0.717, 1.165) is 55.3 Å². The average Bonchev–Trinajstić information content (AvgIpc) is 3.04. The van der Waals surface area contributed by atoms with Gasteiger partial charge in [0.05, 0.1) is 11.2 Å². The molecule has 0 aromatic heterocycles. The van der Waals surface area contributed by atoms with E-state index in [9.17, 15) is 10.2 Å². The van der Waals surface area contributed by atoms with Crippen molar-refractivity contribution in [3.8, 4) is 0 Å². The number of aliphatic hydroxyl groups is 2. The molecule has 0 saturated heterocycles. The van der Waals surface area contributed by atoms with Crippen LogP contribution in [0.2, 0.25) is 0 Å². The fourth-order valence-electron chi connectivity index (χ4n) is 9.56. The number of hydrogen-bond acceptors (Lipinski definition) is 2. The number of hydrogen-bond donors (Lipinski definition) is 2. The molecule has 4 fully saturated rings. The Kier molecular flexibility index (Phi) is 6.26. The Hall–Kier alpha value is -0.340. The van der Waals surface area contributed by atoms with Gasteiger partial charge in [-0.3, -0.25) is 0 Å². The molecule has 0 spiro atoms.